The first-order chi connectivity index (χ1) is 6.85. The second kappa shape index (κ2) is 7.12. The molecule has 1 atom stereocenters. The predicted octanol–water partition coefficient (Wildman–Crippen LogP) is 1.76. The minimum atomic E-state index is -0.246. The molecule has 0 aromatic rings. The van der Waals surface area contributed by atoms with E-state index in [1.807, 2.05) is 25.6 Å². The van der Waals surface area contributed by atoms with Crippen LogP contribution in [0.25, 0.3) is 0 Å². The molecule has 1 amide bonds. The molecule has 0 heterocycles. The van der Waals surface area contributed by atoms with Gasteiger partial charge in [0.15, 0.2) is 0 Å². The zero-order valence-electron chi connectivity index (χ0n) is 10.3. The van der Waals surface area contributed by atoms with E-state index in [9.17, 15) is 4.79 Å². The molecule has 0 saturated carbocycles. The average Bonchev–Trinajstić information content (AvgIpc) is 2.13. The molecule has 0 saturated heterocycles. The van der Waals surface area contributed by atoms with Gasteiger partial charge in [0.1, 0.15) is 0 Å². The maximum absolute atomic E-state index is 11.4. The third-order valence-electron chi connectivity index (χ3n) is 2.27. The monoisotopic (exact) mass is 232 g/mol. The molecular weight excluding hydrogens is 208 g/mol. The summed E-state index contributed by atoms with van der Waals surface area (Å²) in [4.78, 5) is 11.4. The Labute approximate surface area is 97.6 Å². The fraction of sp³-hybridized carbons (Fsp3) is 0.909. The Hall–Kier alpha value is -0.220. The van der Waals surface area contributed by atoms with Crippen molar-refractivity contribution in [2.45, 2.75) is 50.8 Å². The molecule has 1 unspecified atom stereocenters. The molecule has 0 spiro atoms. The molecular formula is C11H24N2OS. The van der Waals surface area contributed by atoms with Gasteiger partial charge in [-0.05, 0) is 32.9 Å². The van der Waals surface area contributed by atoms with Crippen molar-refractivity contribution in [1.82, 2.24) is 5.32 Å². The normalized spacial score (nSPS) is 13.7. The molecule has 3 N–H and O–H groups in total. The molecule has 0 aliphatic heterocycles. The van der Waals surface area contributed by atoms with Crippen molar-refractivity contribution >= 4 is 17.7 Å². The lowest BCUT2D eigenvalue weighted by atomic mass is 10.00. The van der Waals surface area contributed by atoms with Gasteiger partial charge in [-0.15, -0.1) is 0 Å². The van der Waals surface area contributed by atoms with Gasteiger partial charge >= 0.3 is 0 Å². The number of rotatable bonds is 7. The fourth-order valence-corrected chi connectivity index (χ4v) is 1.41. The maximum Gasteiger partial charge on any atom is 0.220 e. The lowest BCUT2D eigenvalue weighted by Crippen LogP contribution is -2.34. The average molecular weight is 232 g/mol. The molecule has 0 aliphatic carbocycles. The summed E-state index contributed by atoms with van der Waals surface area (Å²) in [5.41, 5.74) is 5.55. The Balaban J connectivity index is 3.50. The van der Waals surface area contributed by atoms with E-state index in [-0.39, 0.29) is 11.4 Å². The first-order valence-electron chi connectivity index (χ1n) is 5.43. The standard InChI is InChI=1S/C11H24N2OS/c1-9(15-4)6-8-13-10(14)5-7-11(2,3)12/h9H,5-8,12H2,1-4H3,(H,13,14). The van der Waals surface area contributed by atoms with E-state index in [2.05, 4.69) is 18.5 Å². The van der Waals surface area contributed by atoms with Crippen LogP contribution in [-0.2, 0) is 4.79 Å². The van der Waals surface area contributed by atoms with Gasteiger partial charge in [0.05, 0.1) is 0 Å². The van der Waals surface area contributed by atoms with Crippen molar-refractivity contribution in [3.63, 3.8) is 0 Å². The molecule has 0 aliphatic rings. The molecule has 0 aromatic heterocycles. The Kier molecular flexibility index (Phi) is 7.02. The number of amides is 1. The van der Waals surface area contributed by atoms with Gasteiger partial charge in [0, 0.05) is 23.8 Å². The number of carbonyl (C=O) groups is 1. The van der Waals surface area contributed by atoms with Crippen LogP contribution in [0, 0.1) is 0 Å². The highest BCUT2D eigenvalue weighted by atomic mass is 32.2. The molecule has 0 rings (SSSR count). The van der Waals surface area contributed by atoms with Gasteiger partial charge < -0.3 is 11.1 Å². The van der Waals surface area contributed by atoms with Gasteiger partial charge in [-0.25, -0.2) is 0 Å². The maximum atomic E-state index is 11.4. The topological polar surface area (TPSA) is 55.1 Å². The summed E-state index contributed by atoms with van der Waals surface area (Å²) in [7, 11) is 0. The lowest BCUT2D eigenvalue weighted by Gasteiger charge is -2.17. The highest BCUT2D eigenvalue weighted by Crippen LogP contribution is 2.09. The SMILES string of the molecule is CSC(C)CCNC(=O)CCC(C)(C)N. The van der Waals surface area contributed by atoms with Crippen LogP contribution in [0.2, 0.25) is 0 Å². The third-order valence-corrected chi connectivity index (χ3v) is 3.31. The van der Waals surface area contributed by atoms with E-state index in [1.165, 1.54) is 0 Å². The summed E-state index contributed by atoms with van der Waals surface area (Å²) in [6.07, 6.45) is 4.37. The van der Waals surface area contributed by atoms with Crippen LogP contribution in [0.15, 0.2) is 0 Å². The molecule has 0 bridgehead atoms. The Bertz CT molecular complexity index is 190. The fourth-order valence-electron chi connectivity index (χ4n) is 1.06. The number of hydrogen-bond acceptors (Lipinski definition) is 3. The smallest absolute Gasteiger partial charge is 0.220 e. The zero-order chi connectivity index (χ0) is 11.9. The van der Waals surface area contributed by atoms with Gasteiger partial charge in [-0.1, -0.05) is 6.92 Å². The summed E-state index contributed by atoms with van der Waals surface area (Å²) < 4.78 is 0. The van der Waals surface area contributed by atoms with Crippen LogP contribution in [0.3, 0.4) is 0 Å². The second-order valence-corrected chi connectivity index (χ2v) is 5.95. The van der Waals surface area contributed by atoms with E-state index in [0.717, 1.165) is 19.4 Å². The van der Waals surface area contributed by atoms with Crippen molar-refractivity contribution in [2.24, 2.45) is 5.73 Å². The van der Waals surface area contributed by atoms with E-state index < -0.39 is 0 Å². The van der Waals surface area contributed by atoms with Gasteiger partial charge in [0.2, 0.25) is 5.91 Å². The molecule has 90 valence electrons. The first kappa shape index (κ1) is 14.8. The molecule has 0 aromatic carbocycles. The van der Waals surface area contributed by atoms with E-state index in [0.29, 0.717) is 11.7 Å². The molecule has 0 fully saturated rings. The highest BCUT2D eigenvalue weighted by Gasteiger charge is 2.12. The minimum absolute atomic E-state index is 0.113. The van der Waals surface area contributed by atoms with E-state index >= 15 is 0 Å². The molecule has 3 nitrogen and oxygen atoms in total. The Morgan fingerprint density at radius 1 is 1.53 bits per heavy atom. The summed E-state index contributed by atoms with van der Waals surface area (Å²) in [5, 5.41) is 3.52. The van der Waals surface area contributed by atoms with Crippen molar-refractivity contribution < 1.29 is 4.79 Å². The summed E-state index contributed by atoms with van der Waals surface area (Å²) in [6, 6.07) is 0. The highest BCUT2D eigenvalue weighted by molar-refractivity contribution is 7.99. The quantitative estimate of drug-likeness (QED) is 0.703. The van der Waals surface area contributed by atoms with Crippen molar-refractivity contribution in [3.05, 3.63) is 0 Å². The van der Waals surface area contributed by atoms with Crippen molar-refractivity contribution in [2.75, 3.05) is 12.8 Å². The first-order valence-corrected chi connectivity index (χ1v) is 6.72. The number of nitrogens with one attached hydrogen (secondary N) is 1. The van der Waals surface area contributed by atoms with Crippen molar-refractivity contribution in [1.29, 1.82) is 0 Å². The summed E-state index contributed by atoms with van der Waals surface area (Å²) in [5.74, 6) is 0.113. The number of carbonyl (C=O) groups excluding carboxylic acids is 1. The van der Waals surface area contributed by atoms with Crippen molar-refractivity contribution in [3.8, 4) is 0 Å². The third kappa shape index (κ3) is 10.1. The minimum Gasteiger partial charge on any atom is -0.356 e. The van der Waals surface area contributed by atoms with Crippen LogP contribution in [0.4, 0.5) is 0 Å². The number of thioether (sulfide) groups is 1. The number of nitrogens with two attached hydrogens (primary N) is 1. The molecule has 15 heavy (non-hydrogen) atoms. The summed E-state index contributed by atoms with van der Waals surface area (Å²) >= 11 is 1.82. The van der Waals surface area contributed by atoms with Crippen LogP contribution < -0.4 is 11.1 Å². The van der Waals surface area contributed by atoms with Gasteiger partial charge in [-0.3, -0.25) is 4.79 Å². The van der Waals surface area contributed by atoms with Gasteiger partial charge in [-0.2, -0.15) is 11.8 Å². The van der Waals surface area contributed by atoms with Crippen LogP contribution in [0.5, 0.6) is 0 Å². The largest absolute Gasteiger partial charge is 0.356 e. The van der Waals surface area contributed by atoms with Crippen LogP contribution >= 0.6 is 11.8 Å². The Morgan fingerprint density at radius 2 is 2.13 bits per heavy atom. The van der Waals surface area contributed by atoms with E-state index in [1.54, 1.807) is 0 Å². The molecule has 4 heteroatoms. The Morgan fingerprint density at radius 3 is 2.60 bits per heavy atom. The predicted molar refractivity (Wildman–Crippen MR) is 68.1 cm³/mol. The van der Waals surface area contributed by atoms with Crippen LogP contribution in [-0.4, -0.2) is 29.5 Å². The summed E-state index contributed by atoms with van der Waals surface area (Å²) in [6.45, 7) is 6.82. The zero-order valence-corrected chi connectivity index (χ0v) is 11.1. The van der Waals surface area contributed by atoms with Gasteiger partial charge in [0.25, 0.3) is 0 Å². The van der Waals surface area contributed by atoms with E-state index in [4.69, 9.17) is 5.73 Å². The van der Waals surface area contributed by atoms with Crippen LogP contribution in [0.1, 0.15) is 40.0 Å². The lowest BCUT2D eigenvalue weighted by molar-refractivity contribution is -0.121. The molecule has 0 radical (unpaired) electrons. The number of hydrogen-bond donors (Lipinski definition) is 2. The second-order valence-electron chi connectivity index (χ2n) is 4.67.